The second-order valence-electron chi connectivity index (χ2n) is 8.73. The molecule has 2 aliphatic heterocycles. The number of amides is 2. The lowest BCUT2D eigenvalue weighted by Gasteiger charge is -2.54. The number of carbonyl (C=O) groups excluding carboxylic acids is 2. The number of hydrogen-bond acceptors (Lipinski definition) is 6. The van der Waals surface area contributed by atoms with Gasteiger partial charge >= 0.3 is 6.09 Å². The predicted molar refractivity (Wildman–Crippen MR) is 104 cm³/mol. The standard InChI is InChI=1S/C20H33N5O3/c1-13(2)28-20(27)24-11-14(3)25(15(4)26)18-6-5-16(9-19(18)24)17-10-22-23(12-17)8-7-21/h13-14,16-19,22H,5-6,8-12H2,1-4H3/t14-,16?,17?,18?,19?/m0/s1. The topological polar surface area (TPSA) is 88.9 Å². The van der Waals surface area contributed by atoms with Gasteiger partial charge in [-0.15, -0.1) is 0 Å². The first-order valence-corrected chi connectivity index (χ1v) is 10.4. The highest BCUT2D eigenvalue weighted by Crippen LogP contribution is 2.39. The highest BCUT2D eigenvalue weighted by atomic mass is 16.6. The number of ether oxygens (including phenoxy) is 1. The molecule has 2 heterocycles. The molecular weight excluding hydrogens is 358 g/mol. The van der Waals surface area contributed by atoms with Crippen LogP contribution in [0.25, 0.3) is 0 Å². The number of hydrogen-bond donors (Lipinski definition) is 1. The van der Waals surface area contributed by atoms with Crippen molar-refractivity contribution in [3.8, 4) is 6.07 Å². The molecule has 4 unspecified atom stereocenters. The van der Waals surface area contributed by atoms with E-state index in [4.69, 9.17) is 10.00 Å². The fraction of sp³-hybridized carbons (Fsp3) is 0.850. The number of piperazine rings is 1. The first-order valence-electron chi connectivity index (χ1n) is 10.4. The van der Waals surface area contributed by atoms with E-state index < -0.39 is 0 Å². The minimum Gasteiger partial charge on any atom is -0.447 e. The van der Waals surface area contributed by atoms with Crippen LogP contribution >= 0.6 is 0 Å². The Morgan fingerprint density at radius 2 is 1.96 bits per heavy atom. The van der Waals surface area contributed by atoms with Gasteiger partial charge in [0.15, 0.2) is 0 Å². The first-order chi connectivity index (χ1) is 13.3. The molecule has 0 radical (unpaired) electrons. The van der Waals surface area contributed by atoms with Crippen molar-refractivity contribution in [3.05, 3.63) is 0 Å². The molecule has 28 heavy (non-hydrogen) atoms. The molecule has 3 aliphatic rings. The van der Waals surface area contributed by atoms with Gasteiger partial charge in [0.2, 0.25) is 5.91 Å². The molecule has 0 aromatic rings. The first kappa shape index (κ1) is 20.9. The fourth-order valence-electron chi connectivity index (χ4n) is 5.29. The van der Waals surface area contributed by atoms with Crippen LogP contribution in [0, 0.1) is 23.2 Å². The van der Waals surface area contributed by atoms with E-state index in [9.17, 15) is 9.59 Å². The summed E-state index contributed by atoms with van der Waals surface area (Å²) in [6.07, 6.45) is 2.39. The zero-order valence-electron chi connectivity index (χ0n) is 17.4. The lowest BCUT2D eigenvalue weighted by molar-refractivity contribution is -0.142. The molecule has 1 saturated carbocycles. The summed E-state index contributed by atoms with van der Waals surface area (Å²) >= 11 is 0. The molecular formula is C20H33N5O3. The molecule has 8 heteroatoms. The number of nitrogens with one attached hydrogen (secondary N) is 1. The van der Waals surface area contributed by atoms with Gasteiger partial charge in [-0.2, -0.15) is 5.26 Å². The SMILES string of the molecule is CC(=O)N1C2CCC(C3CNN(CC#N)C3)CC2N(C(=O)OC(C)C)C[C@@H]1C. The van der Waals surface area contributed by atoms with Crippen molar-refractivity contribution in [2.24, 2.45) is 11.8 Å². The van der Waals surface area contributed by atoms with Crippen LogP contribution in [0.15, 0.2) is 0 Å². The number of carbonyl (C=O) groups is 2. The van der Waals surface area contributed by atoms with Gasteiger partial charge in [-0.25, -0.2) is 9.80 Å². The molecule has 0 spiro atoms. The molecule has 0 bridgehead atoms. The van der Waals surface area contributed by atoms with Crippen LogP contribution < -0.4 is 5.43 Å². The molecule has 2 amide bonds. The van der Waals surface area contributed by atoms with Crippen molar-refractivity contribution in [3.63, 3.8) is 0 Å². The number of hydrazine groups is 1. The maximum Gasteiger partial charge on any atom is 0.410 e. The Balaban J connectivity index is 1.76. The van der Waals surface area contributed by atoms with Gasteiger partial charge in [-0.3, -0.25) is 10.2 Å². The Labute approximate surface area is 167 Å². The summed E-state index contributed by atoms with van der Waals surface area (Å²) in [7, 11) is 0. The van der Waals surface area contributed by atoms with Crippen molar-refractivity contribution >= 4 is 12.0 Å². The van der Waals surface area contributed by atoms with Crippen LogP contribution in [0.3, 0.4) is 0 Å². The lowest BCUT2D eigenvalue weighted by Crippen LogP contribution is -2.67. The van der Waals surface area contributed by atoms with Gasteiger partial charge < -0.3 is 14.5 Å². The van der Waals surface area contributed by atoms with Crippen molar-refractivity contribution in [2.75, 3.05) is 26.2 Å². The quantitative estimate of drug-likeness (QED) is 0.735. The van der Waals surface area contributed by atoms with Gasteiger partial charge in [0.05, 0.1) is 24.3 Å². The zero-order valence-corrected chi connectivity index (χ0v) is 17.4. The molecule has 2 saturated heterocycles. The summed E-state index contributed by atoms with van der Waals surface area (Å²) in [6.45, 7) is 10.00. The molecule has 1 aliphatic carbocycles. The van der Waals surface area contributed by atoms with Crippen LogP contribution in [-0.2, 0) is 9.53 Å². The minimum atomic E-state index is -0.267. The third-order valence-electron chi connectivity index (χ3n) is 6.41. The number of fused-ring (bicyclic) bond motifs is 1. The average molecular weight is 392 g/mol. The Morgan fingerprint density at radius 1 is 1.21 bits per heavy atom. The summed E-state index contributed by atoms with van der Waals surface area (Å²) in [5.41, 5.74) is 3.31. The van der Waals surface area contributed by atoms with E-state index in [2.05, 4.69) is 11.5 Å². The van der Waals surface area contributed by atoms with Gasteiger partial charge in [0, 0.05) is 32.6 Å². The third-order valence-corrected chi connectivity index (χ3v) is 6.41. The Kier molecular flexibility index (Phi) is 6.46. The van der Waals surface area contributed by atoms with E-state index in [1.807, 2.05) is 35.6 Å². The zero-order chi connectivity index (χ0) is 20.4. The third kappa shape index (κ3) is 4.26. The summed E-state index contributed by atoms with van der Waals surface area (Å²) in [6, 6.07) is 2.24. The van der Waals surface area contributed by atoms with Crippen LogP contribution in [0.1, 0.15) is 47.0 Å². The second kappa shape index (κ2) is 8.66. The maximum atomic E-state index is 12.8. The number of rotatable bonds is 3. The van der Waals surface area contributed by atoms with Gasteiger partial charge in [-0.1, -0.05) is 0 Å². The molecule has 3 rings (SSSR count). The van der Waals surface area contributed by atoms with Gasteiger partial charge in [0.1, 0.15) is 6.54 Å². The Hall–Kier alpha value is -1.85. The van der Waals surface area contributed by atoms with Crippen molar-refractivity contribution in [1.29, 1.82) is 5.26 Å². The summed E-state index contributed by atoms with van der Waals surface area (Å²) < 4.78 is 5.52. The van der Waals surface area contributed by atoms with Crippen molar-refractivity contribution in [1.82, 2.24) is 20.2 Å². The summed E-state index contributed by atoms with van der Waals surface area (Å²) in [4.78, 5) is 29.0. The molecule has 0 aromatic carbocycles. The lowest BCUT2D eigenvalue weighted by atomic mass is 9.73. The van der Waals surface area contributed by atoms with E-state index >= 15 is 0 Å². The second-order valence-corrected chi connectivity index (χ2v) is 8.73. The summed E-state index contributed by atoms with van der Waals surface area (Å²) in [5.74, 6) is 1.01. The predicted octanol–water partition coefficient (Wildman–Crippen LogP) is 1.58. The van der Waals surface area contributed by atoms with E-state index in [1.165, 1.54) is 0 Å². The van der Waals surface area contributed by atoms with Crippen LogP contribution in [0.4, 0.5) is 4.79 Å². The molecule has 1 N–H and O–H groups in total. The van der Waals surface area contributed by atoms with E-state index in [0.717, 1.165) is 32.4 Å². The van der Waals surface area contributed by atoms with E-state index in [0.29, 0.717) is 24.9 Å². The largest absolute Gasteiger partial charge is 0.447 e. The van der Waals surface area contributed by atoms with Crippen LogP contribution in [-0.4, -0.2) is 77.2 Å². The molecule has 5 atom stereocenters. The fourth-order valence-corrected chi connectivity index (χ4v) is 5.29. The van der Waals surface area contributed by atoms with Gasteiger partial charge in [0.25, 0.3) is 0 Å². The van der Waals surface area contributed by atoms with E-state index in [1.54, 1.807) is 6.92 Å². The van der Waals surface area contributed by atoms with Crippen molar-refractivity contribution < 1.29 is 14.3 Å². The summed E-state index contributed by atoms with van der Waals surface area (Å²) in [5, 5.41) is 10.9. The molecule has 8 nitrogen and oxygen atoms in total. The van der Waals surface area contributed by atoms with Crippen LogP contribution in [0.5, 0.6) is 0 Å². The highest BCUT2D eigenvalue weighted by Gasteiger charge is 2.48. The smallest absolute Gasteiger partial charge is 0.410 e. The van der Waals surface area contributed by atoms with E-state index in [-0.39, 0.29) is 36.2 Å². The minimum absolute atomic E-state index is 0.00452. The highest BCUT2D eigenvalue weighted by molar-refractivity contribution is 5.75. The average Bonchev–Trinajstić information content (AvgIpc) is 3.08. The number of nitriles is 1. The normalized spacial score (nSPS) is 33.5. The molecule has 0 aromatic heterocycles. The molecule has 156 valence electrons. The van der Waals surface area contributed by atoms with Gasteiger partial charge in [-0.05, 0) is 51.9 Å². The molecule has 3 fully saturated rings. The number of nitrogens with zero attached hydrogens (tertiary/aromatic N) is 4. The Bertz CT molecular complexity index is 634. The van der Waals surface area contributed by atoms with Crippen LogP contribution in [0.2, 0.25) is 0 Å². The monoisotopic (exact) mass is 391 g/mol. The van der Waals surface area contributed by atoms with Crippen molar-refractivity contribution in [2.45, 2.75) is 71.2 Å². The Morgan fingerprint density at radius 3 is 2.61 bits per heavy atom. The maximum absolute atomic E-state index is 12.8.